The minimum atomic E-state index is -3.03. The molecule has 0 bridgehead atoms. The summed E-state index contributed by atoms with van der Waals surface area (Å²) in [7, 11) is 1.38. The lowest BCUT2D eigenvalue weighted by Gasteiger charge is -2.15. The highest BCUT2D eigenvalue weighted by atomic mass is 19.3. The Morgan fingerprint density at radius 3 is 2.64 bits per heavy atom. The monoisotopic (exact) mass is 202 g/mol. The molecular weight excluding hydrogens is 190 g/mol. The second kappa shape index (κ2) is 3.88. The Morgan fingerprint density at radius 1 is 1.50 bits per heavy atom. The highest BCUT2D eigenvalue weighted by Gasteiger charge is 2.30. The molecular formula is C9H12F2N2O. The molecule has 3 nitrogen and oxygen atoms in total. The van der Waals surface area contributed by atoms with Gasteiger partial charge in [-0.3, -0.25) is 0 Å². The summed E-state index contributed by atoms with van der Waals surface area (Å²) in [6, 6.07) is 2.50. The van der Waals surface area contributed by atoms with Crippen LogP contribution in [0.15, 0.2) is 12.1 Å². The van der Waals surface area contributed by atoms with Crippen LogP contribution < -0.4 is 10.5 Å². The maximum atomic E-state index is 13.2. The van der Waals surface area contributed by atoms with E-state index in [-0.39, 0.29) is 11.4 Å². The third-order valence-corrected chi connectivity index (χ3v) is 1.82. The van der Waals surface area contributed by atoms with Crippen molar-refractivity contribution in [2.45, 2.75) is 12.8 Å². The number of pyridine rings is 1. The minimum Gasteiger partial charge on any atom is -0.481 e. The second-order valence-electron chi connectivity index (χ2n) is 2.95. The molecule has 14 heavy (non-hydrogen) atoms. The Balaban J connectivity index is 3.15. The Hall–Kier alpha value is -1.23. The Bertz CT molecular complexity index is 329. The van der Waals surface area contributed by atoms with Crippen molar-refractivity contribution in [3.05, 3.63) is 23.4 Å². The van der Waals surface area contributed by atoms with Gasteiger partial charge in [-0.1, -0.05) is 0 Å². The molecule has 0 aromatic carbocycles. The number of hydrogen-bond donors (Lipinski definition) is 1. The number of halogens is 2. The zero-order valence-corrected chi connectivity index (χ0v) is 8.05. The van der Waals surface area contributed by atoms with Crippen molar-refractivity contribution in [3.63, 3.8) is 0 Å². The van der Waals surface area contributed by atoms with E-state index in [4.69, 9.17) is 10.5 Å². The van der Waals surface area contributed by atoms with Crippen LogP contribution in [-0.2, 0) is 5.92 Å². The lowest BCUT2D eigenvalue weighted by molar-refractivity contribution is 0.00556. The van der Waals surface area contributed by atoms with Crippen LogP contribution in [0, 0.1) is 6.92 Å². The molecule has 78 valence electrons. The number of alkyl halides is 2. The van der Waals surface area contributed by atoms with E-state index < -0.39 is 12.5 Å². The van der Waals surface area contributed by atoms with Crippen LogP contribution in [0.25, 0.3) is 0 Å². The SMILES string of the molecule is COc1cc(C(F)(F)CN)cc(C)n1. The number of aryl methyl sites for hydroxylation is 1. The van der Waals surface area contributed by atoms with E-state index in [0.717, 1.165) is 0 Å². The molecule has 0 spiro atoms. The zero-order valence-electron chi connectivity index (χ0n) is 8.05. The van der Waals surface area contributed by atoms with Crippen molar-refractivity contribution in [1.82, 2.24) is 4.98 Å². The molecule has 0 aliphatic rings. The average molecular weight is 202 g/mol. The van der Waals surface area contributed by atoms with E-state index in [1.54, 1.807) is 6.92 Å². The van der Waals surface area contributed by atoms with Gasteiger partial charge in [0.15, 0.2) is 0 Å². The lowest BCUT2D eigenvalue weighted by atomic mass is 10.1. The largest absolute Gasteiger partial charge is 0.481 e. The van der Waals surface area contributed by atoms with Crippen molar-refractivity contribution in [2.75, 3.05) is 13.7 Å². The van der Waals surface area contributed by atoms with E-state index in [1.165, 1.54) is 19.2 Å². The summed E-state index contributed by atoms with van der Waals surface area (Å²) in [5, 5.41) is 0. The fraction of sp³-hybridized carbons (Fsp3) is 0.444. The highest BCUT2D eigenvalue weighted by Crippen LogP contribution is 2.28. The molecule has 0 aliphatic carbocycles. The molecule has 2 N–H and O–H groups in total. The summed E-state index contributed by atoms with van der Waals surface area (Å²) < 4.78 is 31.1. The first-order valence-electron chi connectivity index (χ1n) is 4.10. The molecule has 0 saturated carbocycles. The highest BCUT2D eigenvalue weighted by molar-refractivity contribution is 5.28. The second-order valence-corrected chi connectivity index (χ2v) is 2.95. The van der Waals surface area contributed by atoms with Crippen LogP contribution >= 0.6 is 0 Å². The van der Waals surface area contributed by atoms with Crippen molar-refractivity contribution in [1.29, 1.82) is 0 Å². The van der Waals surface area contributed by atoms with Crippen molar-refractivity contribution >= 4 is 0 Å². The summed E-state index contributed by atoms with van der Waals surface area (Å²) in [6.07, 6.45) is 0. The minimum absolute atomic E-state index is 0.163. The summed E-state index contributed by atoms with van der Waals surface area (Å²) in [5.41, 5.74) is 5.29. The smallest absolute Gasteiger partial charge is 0.285 e. The Kier molecular flexibility index (Phi) is 3.00. The average Bonchev–Trinajstić information content (AvgIpc) is 2.16. The van der Waals surface area contributed by atoms with Gasteiger partial charge in [0, 0.05) is 17.3 Å². The van der Waals surface area contributed by atoms with Gasteiger partial charge < -0.3 is 10.5 Å². The quantitative estimate of drug-likeness (QED) is 0.807. The fourth-order valence-electron chi connectivity index (χ4n) is 1.07. The molecule has 5 heteroatoms. The van der Waals surface area contributed by atoms with Crippen LogP contribution in [0.2, 0.25) is 0 Å². The van der Waals surface area contributed by atoms with Gasteiger partial charge in [0.2, 0.25) is 5.88 Å². The van der Waals surface area contributed by atoms with Crippen molar-refractivity contribution in [2.24, 2.45) is 5.73 Å². The third kappa shape index (κ3) is 2.17. The predicted molar refractivity (Wildman–Crippen MR) is 48.5 cm³/mol. The molecule has 0 aliphatic heterocycles. The number of aromatic nitrogens is 1. The van der Waals surface area contributed by atoms with Gasteiger partial charge in [-0.15, -0.1) is 0 Å². The van der Waals surface area contributed by atoms with E-state index in [2.05, 4.69) is 4.98 Å². The first-order valence-corrected chi connectivity index (χ1v) is 4.10. The Labute approximate surface area is 80.9 Å². The third-order valence-electron chi connectivity index (χ3n) is 1.82. The van der Waals surface area contributed by atoms with Gasteiger partial charge in [-0.05, 0) is 13.0 Å². The molecule has 0 radical (unpaired) electrons. The normalized spacial score (nSPS) is 11.5. The van der Waals surface area contributed by atoms with Gasteiger partial charge in [-0.2, -0.15) is 8.78 Å². The number of hydrogen-bond acceptors (Lipinski definition) is 3. The van der Waals surface area contributed by atoms with Crippen LogP contribution in [0.1, 0.15) is 11.3 Å². The van der Waals surface area contributed by atoms with E-state index in [0.29, 0.717) is 5.69 Å². The van der Waals surface area contributed by atoms with Gasteiger partial charge >= 0.3 is 0 Å². The van der Waals surface area contributed by atoms with Gasteiger partial charge in [-0.25, -0.2) is 4.98 Å². The maximum absolute atomic E-state index is 13.2. The van der Waals surface area contributed by atoms with Gasteiger partial charge in [0.05, 0.1) is 13.7 Å². The van der Waals surface area contributed by atoms with Crippen molar-refractivity contribution < 1.29 is 13.5 Å². The first-order chi connectivity index (χ1) is 6.49. The summed E-state index contributed by atoms with van der Waals surface area (Å²) in [6.45, 7) is 0.901. The van der Waals surface area contributed by atoms with Crippen LogP contribution in [-0.4, -0.2) is 18.6 Å². The fourth-order valence-corrected chi connectivity index (χ4v) is 1.07. The number of nitrogens with two attached hydrogens (primary N) is 1. The molecule has 0 atom stereocenters. The molecule has 1 aromatic rings. The summed E-state index contributed by atoms with van der Waals surface area (Å²) in [4.78, 5) is 3.90. The van der Waals surface area contributed by atoms with Gasteiger partial charge in [0.25, 0.3) is 5.92 Å². The Morgan fingerprint density at radius 2 is 2.14 bits per heavy atom. The molecule has 0 saturated heterocycles. The molecule has 1 aromatic heterocycles. The maximum Gasteiger partial charge on any atom is 0.285 e. The van der Waals surface area contributed by atoms with Crippen molar-refractivity contribution in [3.8, 4) is 5.88 Å². The van der Waals surface area contributed by atoms with E-state index >= 15 is 0 Å². The molecule has 1 heterocycles. The van der Waals surface area contributed by atoms with Crippen LogP contribution in [0.4, 0.5) is 8.78 Å². The molecule has 0 fully saturated rings. The van der Waals surface area contributed by atoms with Crippen LogP contribution in [0.5, 0.6) is 5.88 Å². The summed E-state index contributed by atoms with van der Waals surface area (Å²) >= 11 is 0. The zero-order chi connectivity index (χ0) is 10.8. The summed E-state index contributed by atoms with van der Waals surface area (Å²) in [5.74, 6) is -2.85. The number of rotatable bonds is 3. The van der Waals surface area contributed by atoms with Crippen LogP contribution in [0.3, 0.4) is 0 Å². The number of nitrogens with zero attached hydrogens (tertiary/aromatic N) is 1. The van der Waals surface area contributed by atoms with E-state index in [1.807, 2.05) is 0 Å². The topological polar surface area (TPSA) is 48.1 Å². The van der Waals surface area contributed by atoms with Gasteiger partial charge in [0.1, 0.15) is 0 Å². The lowest BCUT2D eigenvalue weighted by Crippen LogP contribution is -2.25. The number of methoxy groups -OCH3 is 1. The molecule has 0 amide bonds. The number of ether oxygens (including phenoxy) is 1. The molecule has 1 rings (SSSR count). The predicted octanol–water partition coefficient (Wildman–Crippen LogP) is 1.45. The molecule has 0 unspecified atom stereocenters. The first kappa shape index (κ1) is 10.8. The standard InChI is InChI=1S/C9H12F2N2O/c1-6-3-7(9(10,11)5-12)4-8(13-6)14-2/h3-4H,5,12H2,1-2H3. The van der Waals surface area contributed by atoms with E-state index in [9.17, 15) is 8.78 Å².